The third-order valence-corrected chi connectivity index (χ3v) is 7.26. The van der Waals surface area contributed by atoms with Crippen LogP contribution in [0.2, 0.25) is 0 Å². The van der Waals surface area contributed by atoms with Crippen molar-refractivity contribution in [2.24, 2.45) is 5.92 Å². The molecule has 35 heavy (non-hydrogen) atoms. The number of anilines is 1. The number of fused-ring (bicyclic) bond motifs is 2. The lowest BCUT2D eigenvalue weighted by Crippen LogP contribution is -2.28. The molecule has 1 saturated carbocycles. The molecule has 0 radical (unpaired) electrons. The molecule has 0 amide bonds. The van der Waals surface area contributed by atoms with Gasteiger partial charge in [0.1, 0.15) is 11.3 Å². The van der Waals surface area contributed by atoms with Crippen molar-refractivity contribution in [3.8, 4) is 0 Å². The van der Waals surface area contributed by atoms with E-state index in [1.165, 1.54) is 0 Å². The van der Waals surface area contributed by atoms with E-state index in [2.05, 4.69) is 39.8 Å². The standard InChI is InChI=1S/C27H32F3N5/c1-16(2)35-17(3)33-25-22(28)12-19(13-24(25)35)20-6-4-5-7-23-21(20)15-32-26(34-23)31-14-18-8-10-27(29,30)11-9-18/h6,12-13,15-16,18H,4-5,7-11,14H2,1-3H3,(H,31,32,34). The number of benzene rings is 1. The van der Waals surface area contributed by atoms with Gasteiger partial charge >= 0.3 is 0 Å². The molecule has 186 valence electrons. The summed E-state index contributed by atoms with van der Waals surface area (Å²) in [4.78, 5) is 13.8. The van der Waals surface area contributed by atoms with Gasteiger partial charge < -0.3 is 9.88 Å². The summed E-state index contributed by atoms with van der Waals surface area (Å²) in [5.74, 6) is -1.33. The molecule has 2 aromatic heterocycles. The lowest BCUT2D eigenvalue weighted by molar-refractivity contribution is -0.0443. The van der Waals surface area contributed by atoms with Gasteiger partial charge in [0.15, 0.2) is 5.82 Å². The number of imidazole rings is 1. The molecular weight excluding hydrogens is 451 g/mol. The molecule has 0 bridgehead atoms. The summed E-state index contributed by atoms with van der Waals surface area (Å²) >= 11 is 0. The average Bonchev–Trinajstić information content (AvgIpc) is 3.01. The number of aryl methyl sites for hydroxylation is 2. The van der Waals surface area contributed by atoms with Crippen LogP contribution in [0.3, 0.4) is 0 Å². The molecule has 2 aliphatic carbocycles. The van der Waals surface area contributed by atoms with E-state index in [1.807, 2.05) is 19.2 Å². The number of aromatic nitrogens is 4. The molecule has 5 rings (SSSR count). The zero-order valence-electron chi connectivity index (χ0n) is 20.5. The van der Waals surface area contributed by atoms with Gasteiger partial charge in [0.25, 0.3) is 0 Å². The maximum atomic E-state index is 15.1. The number of hydrogen-bond acceptors (Lipinski definition) is 4. The van der Waals surface area contributed by atoms with Gasteiger partial charge in [-0.2, -0.15) is 0 Å². The van der Waals surface area contributed by atoms with Gasteiger partial charge in [-0.15, -0.1) is 0 Å². The van der Waals surface area contributed by atoms with Crippen molar-refractivity contribution in [1.82, 2.24) is 19.5 Å². The van der Waals surface area contributed by atoms with Crippen LogP contribution in [0.5, 0.6) is 0 Å². The van der Waals surface area contributed by atoms with Crippen LogP contribution in [-0.4, -0.2) is 32.0 Å². The van der Waals surface area contributed by atoms with E-state index in [0.717, 1.165) is 53.0 Å². The van der Waals surface area contributed by atoms with Crippen molar-refractivity contribution >= 4 is 22.6 Å². The molecule has 0 aliphatic heterocycles. The minimum Gasteiger partial charge on any atom is -0.354 e. The van der Waals surface area contributed by atoms with Gasteiger partial charge in [-0.25, -0.2) is 28.1 Å². The fourth-order valence-corrected chi connectivity index (χ4v) is 5.43. The predicted molar refractivity (Wildman–Crippen MR) is 132 cm³/mol. The molecule has 0 saturated heterocycles. The normalized spacial score (nSPS) is 18.4. The highest BCUT2D eigenvalue weighted by Gasteiger charge is 2.34. The summed E-state index contributed by atoms with van der Waals surface area (Å²) in [7, 11) is 0. The summed E-state index contributed by atoms with van der Waals surface area (Å²) in [6.07, 6.45) is 7.50. The maximum Gasteiger partial charge on any atom is 0.248 e. The zero-order valence-corrected chi connectivity index (χ0v) is 20.5. The van der Waals surface area contributed by atoms with Crippen molar-refractivity contribution in [2.75, 3.05) is 11.9 Å². The van der Waals surface area contributed by atoms with E-state index in [9.17, 15) is 8.78 Å². The van der Waals surface area contributed by atoms with Crippen molar-refractivity contribution < 1.29 is 13.2 Å². The molecule has 1 fully saturated rings. The Labute approximate surface area is 203 Å². The average molecular weight is 484 g/mol. The molecule has 0 spiro atoms. The van der Waals surface area contributed by atoms with Crippen LogP contribution >= 0.6 is 0 Å². The Hall–Kier alpha value is -2.90. The summed E-state index contributed by atoms with van der Waals surface area (Å²) in [5.41, 5.74) is 4.76. The topological polar surface area (TPSA) is 55.6 Å². The van der Waals surface area contributed by atoms with Gasteiger partial charge in [0, 0.05) is 37.2 Å². The molecule has 1 aromatic carbocycles. The third kappa shape index (κ3) is 4.80. The Bertz CT molecular complexity index is 1270. The largest absolute Gasteiger partial charge is 0.354 e. The van der Waals surface area contributed by atoms with Crippen LogP contribution in [0.1, 0.15) is 81.1 Å². The molecule has 1 N–H and O–H groups in total. The zero-order chi connectivity index (χ0) is 24.7. The van der Waals surface area contributed by atoms with Crippen molar-refractivity contribution in [1.29, 1.82) is 0 Å². The Morgan fingerprint density at radius 3 is 2.69 bits per heavy atom. The van der Waals surface area contributed by atoms with Crippen molar-refractivity contribution in [3.63, 3.8) is 0 Å². The Balaban J connectivity index is 1.42. The highest BCUT2D eigenvalue weighted by molar-refractivity contribution is 5.87. The Kier molecular flexibility index (Phi) is 6.32. The predicted octanol–water partition coefficient (Wildman–Crippen LogP) is 6.86. The fourth-order valence-electron chi connectivity index (χ4n) is 5.43. The summed E-state index contributed by atoms with van der Waals surface area (Å²) in [6, 6.07) is 3.74. The molecule has 8 heteroatoms. The number of nitrogens with one attached hydrogen (secondary N) is 1. The third-order valence-electron chi connectivity index (χ3n) is 7.26. The lowest BCUT2D eigenvalue weighted by Gasteiger charge is -2.28. The van der Waals surface area contributed by atoms with Crippen LogP contribution in [0, 0.1) is 18.7 Å². The number of nitrogens with zero attached hydrogens (tertiary/aromatic N) is 4. The highest BCUT2D eigenvalue weighted by atomic mass is 19.3. The second-order valence-corrected chi connectivity index (χ2v) is 10.2. The summed E-state index contributed by atoms with van der Waals surface area (Å²) in [6.45, 7) is 6.64. The fraction of sp³-hybridized carbons (Fsp3) is 0.519. The van der Waals surface area contributed by atoms with Crippen LogP contribution in [0.25, 0.3) is 16.6 Å². The molecule has 3 aromatic rings. The van der Waals surface area contributed by atoms with E-state index >= 15 is 4.39 Å². The molecule has 0 atom stereocenters. The smallest absolute Gasteiger partial charge is 0.248 e. The summed E-state index contributed by atoms with van der Waals surface area (Å²) in [5, 5.41) is 3.26. The van der Waals surface area contributed by atoms with Crippen LogP contribution in [0.15, 0.2) is 24.4 Å². The van der Waals surface area contributed by atoms with Crippen LogP contribution < -0.4 is 5.32 Å². The van der Waals surface area contributed by atoms with Gasteiger partial charge in [0.2, 0.25) is 11.9 Å². The van der Waals surface area contributed by atoms with E-state index < -0.39 is 5.92 Å². The van der Waals surface area contributed by atoms with Crippen molar-refractivity contribution in [3.05, 3.63) is 52.9 Å². The SMILES string of the molecule is Cc1nc2c(F)cc(C3=CCCCc4nc(NCC5CCC(F)(F)CC5)ncc43)cc2n1C(C)C. The number of halogens is 3. The number of rotatable bonds is 5. The molecule has 5 nitrogen and oxygen atoms in total. The Morgan fingerprint density at radius 2 is 1.94 bits per heavy atom. The first-order chi connectivity index (χ1) is 16.7. The van der Waals surface area contributed by atoms with E-state index in [1.54, 1.807) is 6.07 Å². The van der Waals surface area contributed by atoms with Crippen LogP contribution in [-0.2, 0) is 6.42 Å². The number of alkyl halides is 2. The first kappa shape index (κ1) is 23.8. The van der Waals surface area contributed by atoms with Gasteiger partial charge in [0.05, 0.1) is 11.2 Å². The minimum atomic E-state index is -2.52. The number of hydrogen-bond donors (Lipinski definition) is 1. The van der Waals surface area contributed by atoms with Gasteiger partial charge in [-0.1, -0.05) is 6.08 Å². The lowest BCUT2D eigenvalue weighted by atomic mass is 9.87. The first-order valence-corrected chi connectivity index (χ1v) is 12.6. The molecule has 2 aliphatic rings. The summed E-state index contributed by atoms with van der Waals surface area (Å²) < 4.78 is 44.1. The number of allylic oxidation sites excluding steroid dienone is 1. The highest BCUT2D eigenvalue weighted by Crippen LogP contribution is 2.37. The second kappa shape index (κ2) is 9.28. The minimum absolute atomic E-state index is 0.0469. The molecule has 0 unspecified atom stereocenters. The Morgan fingerprint density at radius 1 is 1.17 bits per heavy atom. The van der Waals surface area contributed by atoms with Crippen LogP contribution in [0.4, 0.5) is 19.1 Å². The molecule has 2 heterocycles. The monoisotopic (exact) mass is 483 g/mol. The van der Waals surface area contributed by atoms with Crippen molar-refractivity contribution in [2.45, 2.75) is 77.7 Å². The maximum absolute atomic E-state index is 15.1. The van der Waals surface area contributed by atoms with Gasteiger partial charge in [-0.05, 0) is 82.1 Å². The second-order valence-electron chi connectivity index (χ2n) is 10.2. The van der Waals surface area contributed by atoms with E-state index in [4.69, 9.17) is 4.98 Å². The quantitative estimate of drug-likeness (QED) is 0.431. The van der Waals surface area contributed by atoms with E-state index in [-0.39, 0.29) is 30.6 Å². The first-order valence-electron chi connectivity index (χ1n) is 12.6. The molecular formula is C27H32F3N5. The van der Waals surface area contributed by atoms with E-state index in [0.29, 0.717) is 30.9 Å². The van der Waals surface area contributed by atoms with Gasteiger partial charge in [-0.3, -0.25) is 0 Å².